The minimum atomic E-state index is -4.13. The molecule has 15 heavy (non-hydrogen) atoms. The van der Waals surface area contributed by atoms with Gasteiger partial charge < -0.3 is 5.11 Å². The van der Waals surface area contributed by atoms with Crippen LogP contribution in [0.4, 0.5) is 0 Å². The van der Waals surface area contributed by atoms with Crippen molar-refractivity contribution >= 4 is 10.0 Å². The summed E-state index contributed by atoms with van der Waals surface area (Å²) in [5.74, 6) is 0. The number of likely N-dealkylation sites (N-methyl/N-ethyl adjacent to an activating group) is 1. The van der Waals surface area contributed by atoms with Gasteiger partial charge >= 0.3 is 0 Å². The molecule has 1 aromatic carbocycles. The Balaban J connectivity index is 3.21. The molecular formula is C10H15NO3S. The van der Waals surface area contributed by atoms with Crippen LogP contribution >= 0.6 is 0 Å². The van der Waals surface area contributed by atoms with Gasteiger partial charge in [0, 0.05) is 17.6 Å². The van der Waals surface area contributed by atoms with Crippen molar-refractivity contribution in [1.29, 1.82) is 0 Å². The Kier molecular flexibility index (Phi) is 2.61. The van der Waals surface area contributed by atoms with E-state index in [1.54, 1.807) is 19.1 Å². The van der Waals surface area contributed by atoms with Gasteiger partial charge in [-0.2, -0.15) is 4.31 Å². The molecule has 0 saturated carbocycles. The number of aliphatic hydroxyl groups excluding tert-OH is 1. The highest BCUT2D eigenvalue weighted by Crippen LogP contribution is 2.14. The molecule has 1 N–H and O–H groups in total. The Morgan fingerprint density at radius 1 is 1.40 bits per heavy atom. The Hall–Kier alpha value is -0.910. The second kappa shape index (κ2) is 4.74. The smallest absolute Gasteiger partial charge is 0.242 e. The van der Waals surface area contributed by atoms with Crippen molar-refractivity contribution in [3.05, 3.63) is 29.8 Å². The molecule has 0 fully saturated rings. The number of benzene rings is 1. The van der Waals surface area contributed by atoms with Crippen LogP contribution in [0.15, 0.2) is 29.2 Å². The summed E-state index contributed by atoms with van der Waals surface area (Å²) in [4.78, 5) is -0.0994. The first kappa shape index (κ1) is 8.27. The molecule has 0 atom stereocenters. The molecular weight excluding hydrogens is 214 g/mol. The third kappa shape index (κ3) is 2.77. The quantitative estimate of drug-likeness (QED) is 0.827. The molecule has 0 aliphatic rings. The van der Waals surface area contributed by atoms with Crippen molar-refractivity contribution in [3.63, 3.8) is 0 Å². The molecule has 5 heteroatoms. The van der Waals surface area contributed by atoms with Gasteiger partial charge in [-0.15, -0.1) is 0 Å². The maximum atomic E-state index is 12.1. The lowest BCUT2D eigenvalue weighted by molar-refractivity contribution is 0.266. The van der Waals surface area contributed by atoms with E-state index in [2.05, 4.69) is 0 Å². The van der Waals surface area contributed by atoms with Gasteiger partial charge in [0.05, 0.1) is 11.5 Å². The fraction of sp³-hybridized carbons (Fsp3) is 0.400. The van der Waals surface area contributed by atoms with Crippen LogP contribution in [-0.2, 0) is 10.0 Å². The summed E-state index contributed by atoms with van der Waals surface area (Å²) in [6.45, 7) is -2.03. The van der Waals surface area contributed by atoms with Crippen LogP contribution in [0.3, 0.4) is 0 Å². The predicted octanol–water partition coefficient (Wildman–Crippen LogP) is 0.608. The summed E-state index contributed by atoms with van der Waals surface area (Å²) in [7, 11) is -4.13. The van der Waals surface area contributed by atoms with Gasteiger partial charge in [-0.05, 0) is 19.1 Å². The van der Waals surface area contributed by atoms with Crippen LogP contribution in [0.1, 0.15) is 9.68 Å². The van der Waals surface area contributed by atoms with E-state index in [4.69, 9.17) is 9.22 Å². The van der Waals surface area contributed by atoms with Crippen molar-refractivity contribution in [2.45, 2.75) is 11.8 Å². The Labute approximate surface area is 94.4 Å². The second-order valence-electron chi connectivity index (χ2n) is 3.11. The molecule has 0 heterocycles. The lowest BCUT2D eigenvalue weighted by Crippen LogP contribution is -2.29. The number of nitrogens with zero attached hydrogens (tertiary/aromatic N) is 1. The number of hydrogen-bond acceptors (Lipinski definition) is 3. The fourth-order valence-electron chi connectivity index (χ4n) is 1.05. The number of aryl methyl sites for hydroxylation is 1. The number of sulfonamides is 1. The van der Waals surface area contributed by atoms with Gasteiger partial charge in [-0.3, -0.25) is 0 Å². The molecule has 84 valence electrons. The van der Waals surface area contributed by atoms with Crippen molar-refractivity contribution in [2.75, 3.05) is 20.1 Å². The van der Waals surface area contributed by atoms with Gasteiger partial charge in [0.1, 0.15) is 0 Å². The molecule has 1 rings (SSSR count). The summed E-state index contributed by atoms with van der Waals surface area (Å²) in [5, 5.41) is 8.80. The standard InChI is InChI=1S/C10H15NO3S/c1-9-3-5-10(6-4-9)15(13,14)11(2)7-8-12/h3-6,12H,7-8H2,1-2H3/i2D3. The number of aliphatic hydroxyl groups is 1. The van der Waals surface area contributed by atoms with E-state index in [0.29, 0.717) is 4.31 Å². The molecule has 0 amide bonds. The number of rotatable bonds is 4. The van der Waals surface area contributed by atoms with E-state index in [9.17, 15) is 8.42 Å². The molecule has 1 aromatic rings. The van der Waals surface area contributed by atoms with Crippen LogP contribution < -0.4 is 0 Å². The Bertz CT molecular complexity index is 496. The third-order valence-corrected chi connectivity index (χ3v) is 3.54. The molecule has 0 unspecified atom stereocenters. The maximum Gasteiger partial charge on any atom is 0.242 e. The Morgan fingerprint density at radius 3 is 2.47 bits per heavy atom. The molecule has 0 spiro atoms. The molecule has 0 aliphatic carbocycles. The Morgan fingerprint density at radius 2 is 2.00 bits per heavy atom. The summed E-state index contributed by atoms with van der Waals surface area (Å²) >= 11 is 0. The zero-order chi connectivity index (χ0) is 14.0. The average Bonchev–Trinajstić information content (AvgIpc) is 2.24. The van der Waals surface area contributed by atoms with Crippen LogP contribution in [0.25, 0.3) is 0 Å². The SMILES string of the molecule is [2H]C([2H])([2H])N(CCO)S(=O)(=O)c1ccc(C)cc1. The van der Waals surface area contributed by atoms with Gasteiger partial charge in [0.2, 0.25) is 10.0 Å². The number of hydrogen-bond donors (Lipinski definition) is 1. The zero-order valence-electron chi connectivity index (χ0n) is 11.3. The molecule has 0 radical (unpaired) electrons. The summed E-state index contributed by atoms with van der Waals surface area (Å²) in [5.41, 5.74) is 0.872. The normalized spacial score (nSPS) is 15.8. The van der Waals surface area contributed by atoms with E-state index >= 15 is 0 Å². The summed E-state index contributed by atoms with van der Waals surface area (Å²) in [6.07, 6.45) is 0. The highest BCUT2D eigenvalue weighted by Gasteiger charge is 2.19. The molecule has 0 aromatic heterocycles. The van der Waals surface area contributed by atoms with Gasteiger partial charge in [-0.1, -0.05) is 17.7 Å². The van der Waals surface area contributed by atoms with Crippen molar-refractivity contribution < 1.29 is 17.6 Å². The van der Waals surface area contributed by atoms with Crippen molar-refractivity contribution in [3.8, 4) is 0 Å². The lowest BCUT2D eigenvalue weighted by Gasteiger charge is -2.15. The third-order valence-electron chi connectivity index (χ3n) is 1.91. The van der Waals surface area contributed by atoms with E-state index in [1.165, 1.54) is 12.1 Å². The molecule has 0 saturated heterocycles. The highest BCUT2D eigenvalue weighted by molar-refractivity contribution is 7.89. The summed E-state index contributed by atoms with van der Waals surface area (Å²) < 4.78 is 46.2. The van der Waals surface area contributed by atoms with Crippen molar-refractivity contribution in [1.82, 2.24) is 4.31 Å². The second-order valence-corrected chi connectivity index (χ2v) is 4.98. The molecule has 0 aliphatic heterocycles. The van der Waals surface area contributed by atoms with Gasteiger partial charge in [0.15, 0.2) is 0 Å². The van der Waals surface area contributed by atoms with E-state index < -0.39 is 30.2 Å². The van der Waals surface area contributed by atoms with Crippen LogP contribution in [0.5, 0.6) is 0 Å². The van der Waals surface area contributed by atoms with Crippen molar-refractivity contribution in [2.24, 2.45) is 0 Å². The zero-order valence-corrected chi connectivity index (χ0v) is 9.16. The molecule has 0 bridgehead atoms. The lowest BCUT2D eigenvalue weighted by atomic mass is 10.2. The topological polar surface area (TPSA) is 57.6 Å². The van der Waals surface area contributed by atoms with Crippen LogP contribution in [0.2, 0.25) is 0 Å². The predicted molar refractivity (Wildman–Crippen MR) is 58.1 cm³/mol. The first-order valence-corrected chi connectivity index (χ1v) is 5.84. The van der Waals surface area contributed by atoms with E-state index in [-0.39, 0.29) is 4.90 Å². The van der Waals surface area contributed by atoms with E-state index in [0.717, 1.165) is 5.56 Å². The first-order valence-electron chi connectivity index (χ1n) is 5.90. The minimum absolute atomic E-state index is 0.0994. The van der Waals surface area contributed by atoms with Gasteiger partial charge in [-0.25, -0.2) is 8.42 Å². The minimum Gasteiger partial charge on any atom is -0.395 e. The maximum absolute atomic E-state index is 12.1. The fourth-order valence-corrected chi connectivity index (χ4v) is 2.10. The van der Waals surface area contributed by atoms with Crippen LogP contribution in [0, 0.1) is 6.92 Å². The van der Waals surface area contributed by atoms with E-state index in [1.807, 2.05) is 0 Å². The van der Waals surface area contributed by atoms with Gasteiger partial charge in [0.25, 0.3) is 0 Å². The first-order chi connectivity index (χ1) is 8.19. The monoisotopic (exact) mass is 232 g/mol. The highest BCUT2D eigenvalue weighted by atomic mass is 32.2. The van der Waals surface area contributed by atoms with Crippen LogP contribution in [-0.4, -0.2) is 38.0 Å². The largest absolute Gasteiger partial charge is 0.395 e. The summed E-state index contributed by atoms with van der Waals surface area (Å²) in [6, 6.07) is 5.87. The molecule has 4 nitrogen and oxygen atoms in total. The average molecular weight is 232 g/mol.